The van der Waals surface area contributed by atoms with Gasteiger partial charge in [0.1, 0.15) is 18.2 Å². The Hall–Kier alpha value is -2.41. The van der Waals surface area contributed by atoms with Crippen LogP contribution in [0.1, 0.15) is 12.0 Å². The molecular formula is C24H32N4O2. The summed E-state index contributed by atoms with van der Waals surface area (Å²) in [5.41, 5.74) is 1.16. The lowest BCUT2D eigenvalue weighted by Gasteiger charge is -2.45. The van der Waals surface area contributed by atoms with Gasteiger partial charge in [-0.25, -0.2) is 4.98 Å². The van der Waals surface area contributed by atoms with E-state index in [4.69, 9.17) is 4.74 Å². The van der Waals surface area contributed by atoms with E-state index >= 15 is 0 Å². The molecule has 0 unspecified atom stereocenters. The highest BCUT2D eigenvalue weighted by Gasteiger charge is 2.34. The summed E-state index contributed by atoms with van der Waals surface area (Å²) in [5, 5.41) is 10.9. The number of hydrogen-bond acceptors (Lipinski definition) is 6. The molecule has 4 rings (SSSR count). The van der Waals surface area contributed by atoms with Crippen molar-refractivity contribution >= 4 is 5.82 Å². The molecule has 1 aromatic carbocycles. The predicted molar refractivity (Wildman–Crippen MR) is 120 cm³/mol. The molecule has 0 amide bonds. The smallest absolute Gasteiger partial charge is 0.128 e. The van der Waals surface area contributed by atoms with Gasteiger partial charge in [0.2, 0.25) is 0 Å². The summed E-state index contributed by atoms with van der Waals surface area (Å²) in [6, 6.07) is 14.4. The number of rotatable bonds is 7. The summed E-state index contributed by atoms with van der Waals surface area (Å²) < 4.78 is 5.79. The summed E-state index contributed by atoms with van der Waals surface area (Å²) in [5.74, 6) is 1.95. The molecule has 2 atom stereocenters. The number of β-amino-alcohol motifs (C(OH)–C–C–N with tert-alkyl or cyclic N) is 1. The SMILES string of the molecule is C=CCOc1ccccc1CN1CC[C@@H](N2CCN(c3ccccn3)CC2)[C@H](O)C1. The van der Waals surface area contributed by atoms with E-state index in [1.54, 1.807) is 6.08 Å². The first-order valence-corrected chi connectivity index (χ1v) is 10.9. The molecule has 2 aromatic rings. The van der Waals surface area contributed by atoms with E-state index < -0.39 is 0 Å². The highest BCUT2D eigenvalue weighted by molar-refractivity contribution is 5.38. The minimum atomic E-state index is -0.332. The van der Waals surface area contributed by atoms with Gasteiger partial charge in [-0.3, -0.25) is 9.80 Å². The molecule has 30 heavy (non-hydrogen) atoms. The molecule has 0 aliphatic carbocycles. The van der Waals surface area contributed by atoms with Crippen molar-refractivity contribution < 1.29 is 9.84 Å². The summed E-state index contributed by atoms with van der Waals surface area (Å²) >= 11 is 0. The Kier molecular flexibility index (Phi) is 7.00. The Morgan fingerprint density at radius 3 is 2.60 bits per heavy atom. The summed E-state index contributed by atoms with van der Waals surface area (Å²) in [7, 11) is 0. The minimum Gasteiger partial charge on any atom is -0.489 e. The van der Waals surface area contributed by atoms with Crippen LogP contribution >= 0.6 is 0 Å². The molecule has 160 valence electrons. The van der Waals surface area contributed by atoms with Gasteiger partial charge in [-0.05, 0) is 24.6 Å². The van der Waals surface area contributed by atoms with Gasteiger partial charge in [-0.15, -0.1) is 0 Å². The number of aromatic nitrogens is 1. The number of aliphatic hydroxyl groups is 1. The van der Waals surface area contributed by atoms with Crippen molar-refractivity contribution in [3.05, 3.63) is 66.9 Å². The lowest BCUT2D eigenvalue weighted by molar-refractivity contribution is -0.0173. The number of ether oxygens (including phenoxy) is 1. The van der Waals surface area contributed by atoms with E-state index in [0.717, 1.165) is 62.8 Å². The number of piperazine rings is 1. The first-order valence-electron chi connectivity index (χ1n) is 10.9. The first kappa shape index (κ1) is 20.8. The van der Waals surface area contributed by atoms with Crippen molar-refractivity contribution in [2.24, 2.45) is 0 Å². The fraction of sp³-hybridized carbons (Fsp3) is 0.458. The number of aliphatic hydroxyl groups excluding tert-OH is 1. The van der Waals surface area contributed by atoms with Crippen LogP contribution in [0.4, 0.5) is 5.82 Å². The predicted octanol–water partition coefficient (Wildman–Crippen LogP) is 2.40. The second-order valence-corrected chi connectivity index (χ2v) is 8.08. The zero-order valence-corrected chi connectivity index (χ0v) is 17.6. The largest absolute Gasteiger partial charge is 0.489 e. The maximum absolute atomic E-state index is 10.9. The lowest BCUT2D eigenvalue weighted by atomic mass is 9.98. The highest BCUT2D eigenvalue weighted by atomic mass is 16.5. The van der Waals surface area contributed by atoms with Crippen molar-refractivity contribution in [1.29, 1.82) is 0 Å². The number of nitrogens with zero attached hydrogens (tertiary/aromatic N) is 4. The third kappa shape index (κ3) is 5.01. The maximum atomic E-state index is 10.9. The van der Waals surface area contributed by atoms with Gasteiger partial charge in [-0.1, -0.05) is 36.9 Å². The monoisotopic (exact) mass is 408 g/mol. The average Bonchev–Trinajstić information content (AvgIpc) is 2.79. The van der Waals surface area contributed by atoms with Crippen LogP contribution in [-0.2, 0) is 6.54 Å². The number of piperidine rings is 1. The van der Waals surface area contributed by atoms with Gasteiger partial charge in [-0.2, -0.15) is 0 Å². The molecule has 2 aliphatic rings. The zero-order valence-electron chi connectivity index (χ0n) is 17.6. The van der Waals surface area contributed by atoms with E-state index in [9.17, 15) is 5.11 Å². The van der Waals surface area contributed by atoms with E-state index in [0.29, 0.717) is 13.2 Å². The van der Waals surface area contributed by atoms with Crippen molar-refractivity contribution in [1.82, 2.24) is 14.8 Å². The Bertz CT molecular complexity index is 808. The van der Waals surface area contributed by atoms with E-state index in [2.05, 4.69) is 38.4 Å². The number of likely N-dealkylation sites (tertiary alicyclic amines) is 1. The van der Waals surface area contributed by atoms with Crippen molar-refractivity contribution in [2.75, 3.05) is 50.8 Å². The molecule has 6 heteroatoms. The Balaban J connectivity index is 1.29. The number of anilines is 1. The quantitative estimate of drug-likeness (QED) is 0.710. The molecule has 3 heterocycles. The lowest BCUT2D eigenvalue weighted by Crippen LogP contribution is -2.58. The van der Waals surface area contributed by atoms with Crippen LogP contribution in [0, 0.1) is 0 Å². The van der Waals surface area contributed by atoms with E-state index in [-0.39, 0.29) is 12.1 Å². The molecule has 0 saturated carbocycles. The van der Waals surface area contributed by atoms with Crippen LogP contribution in [-0.4, -0.2) is 77.9 Å². The molecule has 0 spiro atoms. The maximum Gasteiger partial charge on any atom is 0.128 e. The molecular weight excluding hydrogens is 376 g/mol. The first-order chi connectivity index (χ1) is 14.7. The van der Waals surface area contributed by atoms with Crippen LogP contribution in [0.3, 0.4) is 0 Å². The van der Waals surface area contributed by atoms with Crippen molar-refractivity contribution in [2.45, 2.75) is 25.1 Å². The van der Waals surface area contributed by atoms with Crippen LogP contribution in [0.25, 0.3) is 0 Å². The Morgan fingerprint density at radius 1 is 1.07 bits per heavy atom. The topological polar surface area (TPSA) is 52.1 Å². The Labute approximate surface area is 179 Å². The van der Waals surface area contributed by atoms with Crippen LogP contribution in [0.2, 0.25) is 0 Å². The molecule has 2 fully saturated rings. The second kappa shape index (κ2) is 10.1. The van der Waals surface area contributed by atoms with Crippen LogP contribution in [0.5, 0.6) is 5.75 Å². The standard InChI is InChI=1S/C24H32N4O2/c1-2-17-30-23-8-4-3-7-20(23)18-26-12-10-21(22(29)19-26)27-13-15-28(16-14-27)24-9-5-6-11-25-24/h2-9,11,21-22,29H,1,10,12-19H2/t21-,22-/m1/s1. The van der Waals surface area contributed by atoms with Crippen molar-refractivity contribution in [3.63, 3.8) is 0 Å². The molecule has 1 aromatic heterocycles. The molecule has 0 radical (unpaired) electrons. The van der Waals surface area contributed by atoms with Gasteiger partial charge in [0.05, 0.1) is 6.10 Å². The summed E-state index contributed by atoms with van der Waals surface area (Å²) in [6.07, 6.45) is 4.27. The molecule has 1 N–H and O–H groups in total. The van der Waals surface area contributed by atoms with Crippen LogP contribution in [0.15, 0.2) is 61.3 Å². The summed E-state index contributed by atoms with van der Waals surface area (Å²) in [6.45, 7) is 10.6. The van der Waals surface area contributed by atoms with Gasteiger partial charge < -0.3 is 14.7 Å². The minimum absolute atomic E-state index is 0.236. The number of hydrogen-bond donors (Lipinski definition) is 1. The van der Waals surface area contributed by atoms with E-state index in [1.807, 2.05) is 36.5 Å². The fourth-order valence-electron chi connectivity index (χ4n) is 4.54. The van der Waals surface area contributed by atoms with Crippen molar-refractivity contribution in [3.8, 4) is 5.75 Å². The van der Waals surface area contributed by atoms with Gasteiger partial charge in [0, 0.05) is 63.6 Å². The van der Waals surface area contributed by atoms with Crippen LogP contribution < -0.4 is 9.64 Å². The molecule has 6 nitrogen and oxygen atoms in total. The Morgan fingerprint density at radius 2 is 1.87 bits per heavy atom. The van der Waals surface area contributed by atoms with Gasteiger partial charge in [0.25, 0.3) is 0 Å². The highest BCUT2D eigenvalue weighted by Crippen LogP contribution is 2.25. The third-order valence-electron chi connectivity index (χ3n) is 6.11. The average molecular weight is 409 g/mol. The number of para-hydroxylation sites is 1. The normalized spacial score (nSPS) is 23.3. The molecule has 2 saturated heterocycles. The second-order valence-electron chi connectivity index (χ2n) is 8.08. The molecule has 0 bridgehead atoms. The zero-order chi connectivity index (χ0) is 20.8. The number of benzene rings is 1. The van der Waals surface area contributed by atoms with Gasteiger partial charge in [0.15, 0.2) is 0 Å². The third-order valence-corrected chi connectivity index (χ3v) is 6.11. The van der Waals surface area contributed by atoms with Gasteiger partial charge >= 0.3 is 0 Å². The fourth-order valence-corrected chi connectivity index (χ4v) is 4.54. The summed E-state index contributed by atoms with van der Waals surface area (Å²) in [4.78, 5) is 11.6. The molecule has 2 aliphatic heterocycles. The number of pyridine rings is 1. The van der Waals surface area contributed by atoms with E-state index in [1.165, 1.54) is 0 Å².